The summed E-state index contributed by atoms with van der Waals surface area (Å²) in [4.78, 5) is 2.12. The van der Waals surface area contributed by atoms with E-state index in [1.165, 1.54) is 11.6 Å². The van der Waals surface area contributed by atoms with Crippen molar-refractivity contribution in [2.75, 3.05) is 17.2 Å². The highest BCUT2D eigenvalue weighted by Gasteiger charge is 2.21. The molecule has 1 heterocycles. The maximum Gasteiger partial charge on any atom is 0.125 e. The van der Waals surface area contributed by atoms with E-state index in [1.54, 1.807) is 6.07 Å². The van der Waals surface area contributed by atoms with Crippen LogP contribution in [0.1, 0.15) is 11.1 Å². The molecular weight excluding hydrogens is 263 g/mol. The molecule has 1 aliphatic rings. The fourth-order valence-electron chi connectivity index (χ4n) is 2.52. The minimum atomic E-state index is -0.210. The second-order valence-corrected chi connectivity index (χ2v) is 5.16. The summed E-state index contributed by atoms with van der Waals surface area (Å²) in [5, 5.41) is 0.657. The van der Waals surface area contributed by atoms with Crippen LogP contribution in [0.3, 0.4) is 0 Å². The highest BCUT2D eigenvalue weighted by molar-refractivity contribution is 6.31. The fourth-order valence-corrected chi connectivity index (χ4v) is 2.76. The van der Waals surface area contributed by atoms with E-state index in [4.69, 9.17) is 17.3 Å². The quantitative estimate of drug-likeness (QED) is 0.849. The van der Waals surface area contributed by atoms with Crippen molar-refractivity contribution >= 4 is 23.0 Å². The first-order valence-electron chi connectivity index (χ1n) is 6.21. The number of halogens is 2. The number of benzene rings is 2. The van der Waals surface area contributed by atoms with Crippen LogP contribution < -0.4 is 10.6 Å². The van der Waals surface area contributed by atoms with Gasteiger partial charge in [0.25, 0.3) is 0 Å². The molecule has 2 nitrogen and oxygen atoms in total. The Morgan fingerprint density at radius 3 is 2.89 bits per heavy atom. The first kappa shape index (κ1) is 12.3. The normalized spacial score (nSPS) is 13.7. The predicted molar refractivity (Wildman–Crippen MR) is 77.0 cm³/mol. The maximum absolute atomic E-state index is 13.4. The Hall–Kier alpha value is -1.74. The zero-order valence-electron chi connectivity index (χ0n) is 10.4. The van der Waals surface area contributed by atoms with E-state index in [2.05, 4.69) is 4.90 Å². The van der Waals surface area contributed by atoms with E-state index < -0.39 is 0 Å². The van der Waals surface area contributed by atoms with Gasteiger partial charge in [0.05, 0.1) is 0 Å². The molecule has 0 amide bonds. The molecule has 0 saturated heterocycles. The molecule has 0 unspecified atom stereocenters. The van der Waals surface area contributed by atoms with Crippen molar-refractivity contribution in [1.29, 1.82) is 0 Å². The van der Waals surface area contributed by atoms with Gasteiger partial charge in [-0.1, -0.05) is 23.7 Å². The van der Waals surface area contributed by atoms with Gasteiger partial charge in [0, 0.05) is 35.1 Å². The molecule has 2 N–H and O–H groups in total. The van der Waals surface area contributed by atoms with E-state index in [1.807, 2.05) is 24.3 Å². The van der Waals surface area contributed by atoms with Crippen LogP contribution >= 0.6 is 11.6 Å². The van der Waals surface area contributed by atoms with Crippen molar-refractivity contribution in [1.82, 2.24) is 0 Å². The first-order chi connectivity index (χ1) is 9.15. The molecule has 2 aromatic rings. The highest BCUT2D eigenvalue weighted by Crippen LogP contribution is 2.32. The molecule has 98 valence electrons. The lowest BCUT2D eigenvalue weighted by Crippen LogP contribution is -2.20. The van der Waals surface area contributed by atoms with Crippen molar-refractivity contribution in [2.24, 2.45) is 0 Å². The largest absolute Gasteiger partial charge is 0.398 e. The maximum atomic E-state index is 13.4. The topological polar surface area (TPSA) is 29.3 Å². The molecule has 0 radical (unpaired) electrons. The van der Waals surface area contributed by atoms with Gasteiger partial charge in [-0.2, -0.15) is 0 Å². The molecule has 19 heavy (non-hydrogen) atoms. The van der Waals surface area contributed by atoms with E-state index in [0.29, 0.717) is 17.3 Å². The standard InChI is InChI=1S/C15H14ClFN2/c16-13-2-1-3-14(18)12(13)9-19-7-6-10-4-5-11(17)8-15(10)19/h1-5,8H,6-7,9,18H2. The van der Waals surface area contributed by atoms with Crippen LogP contribution in [0, 0.1) is 5.82 Å². The Morgan fingerprint density at radius 2 is 2.11 bits per heavy atom. The van der Waals surface area contributed by atoms with Crippen molar-refractivity contribution in [3.63, 3.8) is 0 Å². The van der Waals surface area contributed by atoms with Crippen LogP contribution in [0.4, 0.5) is 15.8 Å². The summed E-state index contributed by atoms with van der Waals surface area (Å²) in [5.41, 5.74) is 9.66. The summed E-state index contributed by atoms with van der Waals surface area (Å²) in [6, 6.07) is 10.4. The van der Waals surface area contributed by atoms with Crippen LogP contribution in [-0.2, 0) is 13.0 Å². The van der Waals surface area contributed by atoms with Gasteiger partial charge < -0.3 is 10.6 Å². The van der Waals surface area contributed by atoms with Gasteiger partial charge in [-0.15, -0.1) is 0 Å². The Bertz CT molecular complexity index is 607. The van der Waals surface area contributed by atoms with Gasteiger partial charge in [-0.25, -0.2) is 4.39 Å². The number of hydrogen-bond donors (Lipinski definition) is 1. The predicted octanol–water partition coefficient (Wildman–Crippen LogP) is 3.62. The van der Waals surface area contributed by atoms with Crippen LogP contribution in [0.25, 0.3) is 0 Å². The summed E-state index contributed by atoms with van der Waals surface area (Å²) < 4.78 is 13.4. The number of nitrogens with zero attached hydrogens (tertiary/aromatic N) is 1. The SMILES string of the molecule is Nc1cccc(Cl)c1CN1CCc2ccc(F)cc21. The number of nitrogen functional groups attached to an aromatic ring is 1. The van der Waals surface area contributed by atoms with Gasteiger partial charge >= 0.3 is 0 Å². The van der Waals surface area contributed by atoms with E-state index in [-0.39, 0.29) is 5.82 Å². The molecular formula is C15H14ClFN2. The zero-order valence-corrected chi connectivity index (χ0v) is 11.1. The number of rotatable bonds is 2. The molecule has 0 atom stereocenters. The first-order valence-corrected chi connectivity index (χ1v) is 6.59. The molecule has 0 saturated carbocycles. The van der Waals surface area contributed by atoms with Crippen LogP contribution in [0.5, 0.6) is 0 Å². The third kappa shape index (κ3) is 2.26. The Balaban J connectivity index is 1.93. The van der Waals surface area contributed by atoms with Crippen molar-refractivity contribution < 1.29 is 4.39 Å². The van der Waals surface area contributed by atoms with Crippen molar-refractivity contribution in [3.05, 3.63) is 58.4 Å². The van der Waals surface area contributed by atoms with E-state index in [9.17, 15) is 4.39 Å². The lowest BCUT2D eigenvalue weighted by Gasteiger charge is -2.21. The fraction of sp³-hybridized carbons (Fsp3) is 0.200. The van der Waals surface area contributed by atoms with Crippen molar-refractivity contribution in [2.45, 2.75) is 13.0 Å². The molecule has 0 aromatic heterocycles. The smallest absolute Gasteiger partial charge is 0.125 e. The molecule has 2 aromatic carbocycles. The lowest BCUT2D eigenvalue weighted by molar-refractivity contribution is 0.627. The molecule has 0 spiro atoms. The molecule has 0 fully saturated rings. The molecule has 0 aliphatic carbocycles. The van der Waals surface area contributed by atoms with E-state index in [0.717, 1.165) is 24.2 Å². The molecule has 1 aliphatic heterocycles. The van der Waals surface area contributed by atoms with Crippen LogP contribution in [-0.4, -0.2) is 6.54 Å². The van der Waals surface area contributed by atoms with Gasteiger partial charge in [-0.05, 0) is 36.2 Å². The van der Waals surface area contributed by atoms with Crippen LogP contribution in [0.15, 0.2) is 36.4 Å². The van der Waals surface area contributed by atoms with E-state index >= 15 is 0 Å². The van der Waals surface area contributed by atoms with Gasteiger partial charge in [0.2, 0.25) is 0 Å². The third-order valence-corrected chi connectivity index (χ3v) is 3.90. The number of nitrogens with two attached hydrogens (primary N) is 1. The number of hydrogen-bond acceptors (Lipinski definition) is 2. The summed E-state index contributed by atoms with van der Waals surface area (Å²) in [5.74, 6) is -0.210. The highest BCUT2D eigenvalue weighted by atomic mass is 35.5. The number of anilines is 2. The van der Waals surface area contributed by atoms with Gasteiger partial charge in [0.15, 0.2) is 0 Å². The Labute approximate surface area is 116 Å². The number of fused-ring (bicyclic) bond motifs is 1. The summed E-state index contributed by atoms with van der Waals surface area (Å²) >= 11 is 6.19. The van der Waals surface area contributed by atoms with Gasteiger partial charge in [-0.3, -0.25) is 0 Å². The summed E-state index contributed by atoms with van der Waals surface area (Å²) in [7, 11) is 0. The average Bonchev–Trinajstić information content (AvgIpc) is 2.76. The third-order valence-electron chi connectivity index (χ3n) is 3.54. The minimum absolute atomic E-state index is 0.210. The lowest BCUT2D eigenvalue weighted by atomic mass is 10.1. The van der Waals surface area contributed by atoms with Crippen LogP contribution in [0.2, 0.25) is 5.02 Å². The summed E-state index contributed by atoms with van der Waals surface area (Å²) in [6.45, 7) is 1.48. The molecule has 4 heteroatoms. The zero-order chi connectivity index (χ0) is 13.4. The second-order valence-electron chi connectivity index (χ2n) is 4.75. The summed E-state index contributed by atoms with van der Waals surface area (Å²) in [6.07, 6.45) is 0.931. The second kappa shape index (κ2) is 4.74. The molecule has 3 rings (SSSR count). The molecule has 0 bridgehead atoms. The van der Waals surface area contributed by atoms with Crippen molar-refractivity contribution in [3.8, 4) is 0 Å². The minimum Gasteiger partial charge on any atom is -0.398 e. The Morgan fingerprint density at radius 1 is 1.26 bits per heavy atom. The monoisotopic (exact) mass is 276 g/mol. The average molecular weight is 277 g/mol. The van der Waals surface area contributed by atoms with Gasteiger partial charge in [0.1, 0.15) is 5.82 Å². The Kier molecular flexibility index (Phi) is 3.07.